The van der Waals surface area contributed by atoms with Crippen molar-refractivity contribution in [2.45, 2.75) is 43.9 Å². The average molecular weight is 494 g/mol. The SMILES string of the molecule is CSCCC(NC(=O)C(CO)NC(=O)C(N)Cc1c[nH]c2ccccc12)C(=O)NC(C)C(=O)O. The first-order chi connectivity index (χ1) is 16.2. The van der Waals surface area contributed by atoms with Gasteiger partial charge in [0, 0.05) is 17.1 Å². The van der Waals surface area contributed by atoms with Crippen LogP contribution in [0, 0.1) is 0 Å². The van der Waals surface area contributed by atoms with Crippen LogP contribution in [0.25, 0.3) is 10.9 Å². The van der Waals surface area contributed by atoms with E-state index in [0.717, 1.165) is 16.5 Å². The van der Waals surface area contributed by atoms with Crippen LogP contribution in [0.3, 0.4) is 0 Å². The number of aromatic amines is 1. The van der Waals surface area contributed by atoms with Gasteiger partial charge in [-0.05, 0) is 43.4 Å². The van der Waals surface area contributed by atoms with Crippen molar-refractivity contribution >= 4 is 46.4 Å². The Kier molecular flexibility index (Phi) is 10.4. The van der Waals surface area contributed by atoms with Gasteiger partial charge in [-0.2, -0.15) is 11.8 Å². The number of nitrogens with one attached hydrogen (secondary N) is 4. The minimum atomic E-state index is -1.33. The first-order valence-corrected chi connectivity index (χ1v) is 12.1. The maximum absolute atomic E-state index is 12.7. The molecule has 1 heterocycles. The number of para-hydroxylation sites is 1. The molecule has 4 unspecified atom stereocenters. The first-order valence-electron chi connectivity index (χ1n) is 10.7. The highest BCUT2D eigenvalue weighted by Gasteiger charge is 2.29. The molecule has 11 nitrogen and oxygen atoms in total. The zero-order chi connectivity index (χ0) is 25.3. The Morgan fingerprint density at radius 1 is 1.06 bits per heavy atom. The van der Waals surface area contributed by atoms with Crippen molar-refractivity contribution in [3.05, 3.63) is 36.0 Å². The zero-order valence-corrected chi connectivity index (χ0v) is 19.9. The van der Waals surface area contributed by atoms with Crippen molar-refractivity contribution in [2.24, 2.45) is 5.73 Å². The van der Waals surface area contributed by atoms with Gasteiger partial charge in [0.15, 0.2) is 0 Å². The van der Waals surface area contributed by atoms with Crippen LogP contribution in [0.5, 0.6) is 0 Å². The molecule has 0 aliphatic carbocycles. The fourth-order valence-corrected chi connectivity index (χ4v) is 3.73. The summed E-state index contributed by atoms with van der Waals surface area (Å²) in [4.78, 5) is 51.9. The number of hydrogen-bond acceptors (Lipinski definition) is 7. The molecule has 0 saturated carbocycles. The number of rotatable bonds is 13. The molecule has 0 radical (unpaired) electrons. The molecule has 4 atom stereocenters. The summed E-state index contributed by atoms with van der Waals surface area (Å²) in [5.74, 6) is -2.78. The Labute approximate surface area is 201 Å². The smallest absolute Gasteiger partial charge is 0.325 e. The summed E-state index contributed by atoms with van der Waals surface area (Å²) in [5.41, 5.74) is 7.78. The van der Waals surface area contributed by atoms with Gasteiger partial charge in [0.2, 0.25) is 17.7 Å². The fraction of sp³-hybridized carbons (Fsp3) is 0.455. The molecule has 0 aliphatic rings. The van der Waals surface area contributed by atoms with Gasteiger partial charge in [0.05, 0.1) is 12.6 Å². The van der Waals surface area contributed by atoms with Crippen molar-refractivity contribution < 1.29 is 29.4 Å². The van der Waals surface area contributed by atoms with E-state index in [0.29, 0.717) is 5.75 Å². The molecular formula is C22H31N5O6S. The third kappa shape index (κ3) is 7.47. The average Bonchev–Trinajstić information content (AvgIpc) is 3.22. The third-order valence-electron chi connectivity index (χ3n) is 5.24. The molecule has 1 aromatic carbocycles. The molecule has 186 valence electrons. The number of amides is 3. The van der Waals surface area contributed by atoms with E-state index in [1.807, 2.05) is 30.5 Å². The molecule has 0 bridgehead atoms. The van der Waals surface area contributed by atoms with Crippen LogP contribution >= 0.6 is 11.8 Å². The number of thioether (sulfide) groups is 1. The van der Waals surface area contributed by atoms with Crippen LogP contribution in [0.15, 0.2) is 30.5 Å². The summed E-state index contributed by atoms with van der Waals surface area (Å²) < 4.78 is 0. The van der Waals surface area contributed by atoms with Gasteiger partial charge in [0.1, 0.15) is 18.1 Å². The van der Waals surface area contributed by atoms with Gasteiger partial charge in [-0.25, -0.2) is 0 Å². The van der Waals surface area contributed by atoms with E-state index in [9.17, 15) is 24.3 Å². The molecule has 0 fully saturated rings. The van der Waals surface area contributed by atoms with E-state index in [-0.39, 0.29) is 12.8 Å². The van der Waals surface area contributed by atoms with Gasteiger partial charge in [-0.3, -0.25) is 19.2 Å². The normalized spacial score (nSPS) is 14.6. The standard InChI is InChI=1S/C22H31N5O6S/c1-12(22(32)33)25-20(30)17(7-8-34-2)26-21(31)18(11-28)27-19(29)15(23)9-13-10-24-16-6-4-3-5-14(13)16/h3-6,10,12,15,17-18,24,28H,7-9,11,23H2,1-2H3,(H,25,30)(H,26,31)(H,27,29)(H,32,33). The molecule has 0 spiro atoms. The molecule has 8 N–H and O–H groups in total. The van der Waals surface area contributed by atoms with Gasteiger partial charge in [0.25, 0.3) is 0 Å². The number of hydrogen-bond donors (Lipinski definition) is 7. The summed E-state index contributed by atoms with van der Waals surface area (Å²) in [6.45, 7) is 0.597. The van der Waals surface area contributed by atoms with Gasteiger partial charge in [-0.1, -0.05) is 18.2 Å². The van der Waals surface area contributed by atoms with Crippen LogP contribution in [0.4, 0.5) is 0 Å². The number of carbonyl (C=O) groups is 4. The largest absolute Gasteiger partial charge is 0.480 e. The lowest BCUT2D eigenvalue weighted by molar-refractivity contribution is -0.141. The Balaban J connectivity index is 2.00. The summed E-state index contributed by atoms with van der Waals surface area (Å²) in [6, 6.07) is 3.08. The Morgan fingerprint density at radius 2 is 1.71 bits per heavy atom. The summed E-state index contributed by atoms with van der Waals surface area (Å²) >= 11 is 1.44. The second-order valence-corrected chi connectivity index (χ2v) is 8.81. The van der Waals surface area contributed by atoms with Gasteiger partial charge < -0.3 is 36.9 Å². The molecule has 0 saturated heterocycles. The van der Waals surface area contributed by atoms with Crippen LogP contribution < -0.4 is 21.7 Å². The molecule has 12 heteroatoms. The summed E-state index contributed by atoms with van der Waals surface area (Å²) in [5, 5.41) is 26.8. The lowest BCUT2D eigenvalue weighted by Gasteiger charge is -2.23. The predicted molar refractivity (Wildman–Crippen MR) is 129 cm³/mol. The monoisotopic (exact) mass is 493 g/mol. The maximum Gasteiger partial charge on any atom is 0.325 e. The number of aliphatic hydroxyl groups excluding tert-OH is 1. The molecular weight excluding hydrogens is 462 g/mol. The minimum absolute atomic E-state index is 0.210. The quantitative estimate of drug-likeness (QED) is 0.192. The highest BCUT2D eigenvalue weighted by Crippen LogP contribution is 2.18. The Bertz CT molecular complexity index is 1010. The molecule has 1 aromatic heterocycles. The lowest BCUT2D eigenvalue weighted by Crippen LogP contribution is -2.58. The van der Waals surface area contributed by atoms with E-state index in [4.69, 9.17) is 10.8 Å². The predicted octanol–water partition coefficient (Wildman–Crippen LogP) is -0.658. The lowest BCUT2D eigenvalue weighted by atomic mass is 10.0. The Hall–Kier alpha value is -3.09. The van der Waals surface area contributed by atoms with Crippen LogP contribution in [0.2, 0.25) is 0 Å². The van der Waals surface area contributed by atoms with Crippen molar-refractivity contribution in [2.75, 3.05) is 18.6 Å². The highest BCUT2D eigenvalue weighted by atomic mass is 32.2. The van der Waals surface area contributed by atoms with Gasteiger partial charge >= 0.3 is 5.97 Å². The number of aromatic nitrogens is 1. The molecule has 2 aromatic rings. The van der Waals surface area contributed by atoms with Crippen LogP contribution in [-0.4, -0.2) is 81.7 Å². The number of carbonyl (C=O) groups excluding carboxylic acids is 3. The topological polar surface area (TPSA) is 187 Å². The molecule has 34 heavy (non-hydrogen) atoms. The van der Waals surface area contributed by atoms with E-state index < -0.39 is 54.5 Å². The zero-order valence-electron chi connectivity index (χ0n) is 19.0. The van der Waals surface area contributed by atoms with E-state index in [1.54, 1.807) is 6.20 Å². The van der Waals surface area contributed by atoms with Crippen molar-refractivity contribution in [1.82, 2.24) is 20.9 Å². The van der Waals surface area contributed by atoms with Crippen LogP contribution in [-0.2, 0) is 25.6 Å². The molecule has 2 rings (SSSR count). The van der Waals surface area contributed by atoms with E-state index in [2.05, 4.69) is 20.9 Å². The number of H-pyrrole nitrogens is 1. The first kappa shape index (κ1) is 27.2. The number of carboxylic acids is 1. The maximum atomic E-state index is 12.7. The van der Waals surface area contributed by atoms with E-state index in [1.165, 1.54) is 18.7 Å². The molecule has 0 aliphatic heterocycles. The number of nitrogens with two attached hydrogens (primary N) is 1. The van der Waals surface area contributed by atoms with Gasteiger partial charge in [-0.15, -0.1) is 0 Å². The summed E-state index contributed by atoms with van der Waals surface area (Å²) in [7, 11) is 0. The van der Waals surface area contributed by atoms with Crippen molar-refractivity contribution in [3.63, 3.8) is 0 Å². The van der Waals surface area contributed by atoms with E-state index >= 15 is 0 Å². The number of aliphatic carboxylic acids is 1. The molecule has 3 amide bonds. The second kappa shape index (κ2) is 13.0. The second-order valence-electron chi connectivity index (χ2n) is 7.83. The van der Waals surface area contributed by atoms with Crippen molar-refractivity contribution in [1.29, 1.82) is 0 Å². The van der Waals surface area contributed by atoms with Crippen molar-refractivity contribution in [3.8, 4) is 0 Å². The Morgan fingerprint density at radius 3 is 2.35 bits per heavy atom. The number of aliphatic hydroxyl groups is 1. The number of carboxylic acid groups (broad SMARTS) is 1. The number of benzene rings is 1. The highest BCUT2D eigenvalue weighted by molar-refractivity contribution is 7.98. The third-order valence-corrected chi connectivity index (χ3v) is 5.88. The van der Waals surface area contributed by atoms with Crippen LogP contribution in [0.1, 0.15) is 18.9 Å². The fourth-order valence-electron chi connectivity index (χ4n) is 3.26. The number of fused-ring (bicyclic) bond motifs is 1. The summed E-state index contributed by atoms with van der Waals surface area (Å²) in [6.07, 6.45) is 4.03. The minimum Gasteiger partial charge on any atom is -0.480 e.